The molecule has 1 N–H and O–H groups in total. The molecule has 2 amide bonds. The Morgan fingerprint density at radius 1 is 1.10 bits per heavy atom. The zero-order valence-corrected chi connectivity index (χ0v) is 12.1. The summed E-state index contributed by atoms with van der Waals surface area (Å²) in [5.74, 6) is 0.0739. The first-order valence-corrected chi connectivity index (χ1v) is 7.62. The SMILES string of the molecule is O=C1CCC(C(=O)N2CCCN(c3ccccc3)CC2)N1. The number of hydrogen-bond acceptors (Lipinski definition) is 3. The fraction of sp³-hybridized carbons (Fsp3) is 0.500. The average molecular weight is 287 g/mol. The highest BCUT2D eigenvalue weighted by atomic mass is 16.2. The Morgan fingerprint density at radius 2 is 1.90 bits per heavy atom. The summed E-state index contributed by atoms with van der Waals surface area (Å²) in [6.45, 7) is 3.30. The molecule has 0 bridgehead atoms. The van der Waals surface area contributed by atoms with Crippen LogP contribution in [0.5, 0.6) is 0 Å². The van der Waals surface area contributed by atoms with Gasteiger partial charge in [0, 0.05) is 38.3 Å². The van der Waals surface area contributed by atoms with E-state index in [0.717, 1.165) is 32.6 Å². The maximum Gasteiger partial charge on any atom is 0.245 e. The number of anilines is 1. The third kappa shape index (κ3) is 3.17. The van der Waals surface area contributed by atoms with Crippen LogP contribution in [0.1, 0.15) is 19.3 Å². The zero-order chi connectivity index (χ0) is 14.7. The van der Waals surface area contributed by atoms with Crippen molar-refractivity contribution in [3.8, 4) is 0 Å². The highest BCUT2D eigenvalue weighted by Crippen LogP contribution is 2.17. The minimum absolute atomic E-state index is 0.00548. The summed E-state index contributed by atoms with van der Waals surface area (Å²) >= 11 is 0. The van der Waals surface area contributed by atoms with Gasteiger partial charge in [-0.25, -0.2) is 0 Å². The van der Waals surface area contributed by atoms with Crippen molar-refractivity contribution in [3.63, 3.8) is 0 Å². The first kappa shape index (κ1) is 13.9. The van der Waals surface area contributed by atoms with Crippen molar-refractivity contribution in [1.29, 1.82) is 0 Å². The van der Waals surface area contributed by atoms with Gasteiger partial charge in [-0.3, -0.25) is 9.59 Å². The van der Waals surface area contributed by atoms with Crippen LogP contribution in [0.3, 0.4) is 0 Å². The maximum absolute atomic E-state index is 12.4. The fourth-order valence-electron chi connectivity index (χ4n) is 3.05. The van der Waals surface area contributed by atoms with Crippen LogP contribution in [0, 0.1) is 0 Å². The molecule has 2 fully saturated rings. The molecule has 0 aromatic heterocycles. The number of carbonyl (C=O) groups excluding carboxylic acids is 2. The summed E-state index contributed by atoms with van der Waals surface area (Å²) in [5.41, 5.74) is 1.21. The first-order valence-electron chi connectivity index (χ1n) is 7.62. The second kappa shape index (κ2) is 6.16. The van der Waals surface area contributed by atoms with Crippen molar-refractivity contribution in [2.45, 2.75) is 25.3 Å². The molecule has 5 nitrogen and oxygen atoms in total. The van der Waals surface area contributed by atoms with E-state index in [1.54, 1.807) is 0 Å². The van der Waals surface area contributed by atoms with E-state index < -0.39 is 0 Å². The van der Waals surface area contributed by atoms with Crippen molar-refractivity contribution in [3.05, 3.63) is 30.3 Å². The van der Waals surface area contributed by atoms with Gasteiger partial charge in [0.1, 0.15) is 6.04 Å². The van der Waals surface area contributed by atoms with E-state index in [-0.39, 0.29) is 17.9 Å². The Hall–Kier alpha value is -2.04. The molecule has 0 spiro atoms. The van der Waals surface area contributed by atoms with Crippen LogP contribution in [-0.2, 0) is 9.59 Å². The van der Waals surface area contributed by atoms with E-state index in [2.05, 4.69) is 22.3 Å². The number of benzene rings is 1. The predicted octanol–water partition coefficient (Wildman–Crippen LogP) is 1.00. The third-order valence-corrected chi connectivity index (χ3v) is 4.22. The van der Waals surface area contributed by atoms with Gasteiger partial charge in [-0.05, 0) is 25.0 Å². The van der Waals surface area contributed by atoms with E-state index in [9.17, 15) is 9.59 Å². The molecule has 1 aromatic carbocycles. The zero-order valence-electron chi connectivity index (χ0n) is 12.1. The maximum atomic E-state index is 12.4. The third-order valence-electron chi connectivity index (χ3n) is 4.22. The van der Waals surface area contributed by atoms with E-state index in [0.29, 0.717) is 12.8 Å². The van der Waals surface area contributed by atoms with Crippen LogP contribution in [0.4, 0.5) is 5.69 Å². The molecular weight excluding hydrogens is 266 g/mol. The monoisotopic (exact) mass is 287 g/mol. The number of rotatable bonds is 2. The first-order chi connectivity index (χ1) is 10.2. The molecule has 2 saturated heterocycles. The normalized spacial score (nSPS) is 22.9. The molecule has 112 valence electrons. The van der Waals surface area contributed by atoms with Crippen molar-refractivity contribution in [1.82, 2.24) is 10.2 Å². The summed E-state index contributed by atoms with van der Waals surface area (Å²) in [5, 5.41) is 2.77. The summed E-state index contributed by atoms with van der Waals surface area (Å²) in [4.78, 5) is 27.9. The molecule has 3 rings (SSSR count). The molecule has 1 aromatic rings. The average Bonchev–Trinajstić information content (AvgIpc) is 2.81. The van der Waals surface area contributed by atoms with Gasteiger partial charge in [0.2, 0.25) is 11.8 Å². The second-order valence-electron chi connectivity index (χ2n) is 5.66. The van der Waals surface area contributed by atoms with E-state index in [1.165, 1.54) is 5.69 Å². The Labute approximate surface area is 124 Å². The summed E-state index contributed by atoms with van der Waals surface area (Å²) < 4.78 is 0. The molecule has 0 aliphatic carbocycles. The molecule has 0 radical (unpaired) electrons. The molecule has 5 heteroatoms. The minimum Gasteiger partial charge on any atom is -0.370 e. The van der Waals surface area contributed by atoms with E-state index >= 15 is 0 Å². The van der Waals surface area contributed by atoms with Crippen molar-refractivity contribution in [2.24, 2.45) is 0 Å². The van der Waals surface area contributed by atoms with E-state index in [1.807, 2.05) is 23.1 Å². The van der Waals surface area contributed by atoms with Gasteiger partial charge in [0.15, 0.2) is 0 Å². The number of nitrogens with one attached hydrogen (secondary N) is 1. The second-order valence-corrected chi connectivity index (χ2v) is 5.66. The Kier molecular flexibility index (Phi) is 4.08. The molecular formula is C16H21N3O2. The lowest BCUT2D eigenvalue weighted by atomic mass is 10.2. The largest absolute Gasteiger partial charge is 0.370 e. The van der Waals surface area contributed by atoms with Gasteiger partial charge in [0.05, 0.1) is 0 Å². The Balaban J connectivity index is 1.60. The molecule has 1 unspecified atom stereocenters. The molecule has 1 atom stereocenters. The van der Waals surface area contributed by atoms with E-state index in [4.69, 9.17) is 0 Å². The van der Waals surface area contributed by atoms with Crippen LogP contribution in [-0.4, -0.2) is 48.9 Å². The van der Waals surface area contributed by atoms with Gasteiger partial charge in [-0.2, -0.15) is 0 Å². The standard InChI is InChI=1S/C16H21N3O2/c20-15-8-7-14(17-15)16(21)19-10-4-9-18(11-12-19)13-5-2-1-3-6-13/h1-3,5-6,14H,4,7-12H2,(H,17,20). The number of amides is 2. The van der Waals surface area contributed by atoms with Crippen LogP contribution >= 0.6 is 0 Å². The van der Waals surface area contributed by atoms with Crippen molar-refractivity contribution >= 4 is 17.5 Å². The minimum atomic E-state index is -0.305. The lowest BCUT2D eigenvalue weighted by molar-refractivity contribution is -0.134. The van der Waals surface area contributed by atoms with Gasteiger partial charge in [-0.15, -0.1) is 0 Å². The number of carbonyl (C=O) groups is 2. The molecule has 2 aliphatic rings. The molecule has 0 saturated carbocycles. The van der Waals surface area contributed by atoms with Crippen molar-refractivity contribution in [2.75, 3.05) is 31.1 Å². The lowest BCUT2D eigenvalue weighted by Crippen LogP contribution is -2.45. The highest BCUT2D eigenvalue weighted by Gasteiger charge is 2.31. The smallest absolute Gasteiger partial charge is 0.245 e. The van der Waals surface area contributed by atoms with Crippen molar-refractivity contribution < 1.29 is 9.59 Å². The number of nitrogens with zero attached hydrogens (tertiary/aromatic N) is 2. The number of para-hydroxylation sites is 1. The highest BCUT2D eigenvalue weighted by molar-refractivity contribution is 5.90. The van der Waals surface area contributed by atoms with Gasteiger partial charge in [-0.1, -0.05) is 18.2 Å². The summed E-state index contributed by atoms with van der Waals surface area (Å²) in [6.07, 6.45) is 2.07. The van der Waals surface area contributed by atoms with Crippen LogP contribution in [0.2, 0.25) is 0 Å². The number of hydrogen-bond donors (Lipinski definition) is 1. The summed E-state index contributed by atoms with van der Waals surface area (Å²) in [7, 11) is 0. The molecule has 2 heterocycles. The predicted molar refractivity (Wildman–Crippen MR) is 81.0 cm³/mol. The lowest BCUT2D eigenvalue weighted by Gasteiger charge is -2.25. The Morgan fingerprint density at radius 3 is 2.62 bits per heavy atom. The molecule has 21 heavy (non-hydrogen) atoms. The van der Waals surface area contributed by atoms with Crippen LogP contribution in [0.25, 0.3) is 0 Å². The van der Waals surface area contributed by atoms with Gasteiger partial charge >= 0.3 is 0 Å². The Bertz CT molecular complexity index is 518. The van der Waals surface area contributed by atoms with Gasteiger partial charge < -0.3 is 15.1 Å². The summed E-state index contributed by atoms with van der Waals surface area (Å²) in [6, 6.07) is 10.00. The quantitative estimate of drug-likeness (QED) is 0.883. The van der Waals surface area contributed by atoms with Crippen LogP contribution in [0.15, 0.2) is 30.3 Å². The molecule has 2 aliphatic heterocycles. The van der Waals surface area contributed by atoms with Gasteiger partial charge in [0.25, 0.3) is 0 Å². The van der Waals surface area contributed by atoms with Crippen LogP contribution < -0.4 is 10.2 Å². The topological polar surface area (TPSA) is 52.7 Å². The fourth-order valence-corrected chi connectivity index (χ4v) is 3.05.